The molecule has 2 aliphatic carbocycles. The van der Waals surface area contributed by atoms with E-state index >= 15 is 0 Å². The zero-order valence-electron chi connectivity index (χ0n) is 18.6. The van der Waals surface area contributed by atoms with Crippen LogP contribution in [0.5, 0.6) is 0 Å². The van der Waals surface area contributed by atoms with Crippen LogP contribution in [0.25, 0.3) is 20.8 Å². The van der Waals surface area contributed by atoms with E-state index in [2.05, 4.69) is 25.6 Å². The Morgan fingerprint density at radius 2 is 1.82 bits per heavy atom. The molecule has 9 nitrogen and oxygen atoms in total. The fraction of sp³-hybridized carbons (Fsp3) is 0.522. The average molecular weight is 508 g/mol. The molecule has 2 unspecified atom stereocenters. The average Bonchev–Trinajstić information content (AvgIpc) is 3.35. The lowest BCUT2D eigenvalue weighted by Gasteiger charge is -2.24. The summed E-state index contributed by atoms with van der Waals surface area (Å²) in [7, 11) is 0. The van der Waals surface area contributed by atoms with Crippen LogP contribution < -0.4 is 16.2 Å². The van der Waals surface area contributed by atoms with Gasteiger partial charge in [0.2, 0.25) is 5.95 Å². The molecule has 3 aromatic rings. The molecule has 0 radical (unpaired) electrons. The van der Waals surface area contributed by atoms with Gasteiger partial charge in [-0.2, -0.15) is 4.98 Å². The van der Waals surface area contributed by atoms with Gasteiger partial charge in [0.1, 0.15) is 22.5 Å². The predicted molar refractivity (Wildman–Crippen MR) is 136 cm³/mol. The number of benzene rings is 1. The van der Waals surface area contributed by atoms with E-state index < -0.39 is 24.2 Å². The minimum atomic E-state index is -1.08. The Labute approximate surface area is 207 Å². The SMILES string of the molecule is Cl.O=c1[nH]c(NC2CCCCC2)nc(NC2CC(CO)[C@@H](O)[C@H]2O)c1-c1nc2ccccc2s1. The number of hydrogen-bond acceptors (Lipinski definition) is 9. The van der Waals surface area contributed by atoms with Crippen LogP contribution in [0.4, 0.5) is 11.8 Å². The first-order chi connectivity index (χ1) is 16.0. The molecule has 0 bridgehead atoms. The van der Waals surface area contributed by atoms with Crippen molar-refractivity contribution in [1.29, 1.82) is 0 Å². The number of para-hydroxylation sites is 1. The number of aromatic nitrogens is 3. The summed E-state index contributed by atoms with van der Waals surface area (Å²) in [5, 5.41) is 37.4. The summed E-state index contributed by atoms with van der Waals surface area (Å²) in [6.07, 6.45) is 3.80. The van der Waals surface area contributed by atoms with Gasteiger partial charge in [0.25, 0.3) is 5.56 Å². The van der Waals surface area contributed by atoms with Crippen LogP contribution in [0.15, 0.2) is 29.1 Å². The van der Waals surface area contributed by atoms with Crippen molar-refractivity contribution in [2.45, 2.75) is 62.8 Å². The number of aromatic amines is 1. The molecule has 34 heavy (non-hydrogen) atoms. The highest BCUT2D eigenvalue weighted by Gasteiger charge is 2.41. The van der Waals surface area contributed by atoms with E-state index in [9.17, 15) is 20.1 Å². The largest absolute Gasteiger partial charge is 0.396 e. The van der Waals surface area contributed by atoms with Gasteiger partial charge in [0, 0.05) is 18.6 Å². The number of anilines is 2. The van der Waals surface area contributed by atoms with Crippen LogP contribution in [-0.2, 0) is 0 Å². The molecule has 1 aromatic carbocycles. The van der Waals surface area contributed by atoms with Crippen LogP contribution in [0.1, 0.15) is 38.5 Å². The molecule has 2 fully saturated rings. The summed E-state index contributed by atoms with van der Waals surface area (Å²) in [5.74, 6) is 0.252. The lowest BCUT2D eigenvalue weighted by atomic mass is 9.96. The monoisotopic (exact) mass is 507 g/mol. The number of rotatable bonds is 6. The summed E-state index contributed by atoms with van der Waals surface area (Å²) in [6.45, 7) is -0.224. The third kappa shape index (κ3) is 4.92. The van der Waals surface area contributed by atoms with Gasteiger partial charge in [-0.1, -0.05) is 31.4 Å². The van der Waals surface area contributed by atoms with Crippen molar-refractivity contribution >= 4 is 45.7 Å². The van der Waals surface area contributed by atoms with Crippen molar-refractivity contribution < 1.29 is 15.3 Å². The van der Waals surface area contributed by atoms with Crippen molar-refractivity contribution in [3.05, 3.63) is 34.6 Å². The normalized spacial score (nSPS) is 25.3. The number of hydrogen-bond donors (Lipinski definition) is 6. The molecule has 11 heteroatoms. The second-order valence-corrected chi connectivity index (χ2v) is 10.0. The Kier molecular flexibility index (Phi) is 7.73. The number of nitrogens with one attached hydrogen (secondary N) is 3. The second kappa shape index (κ2) is 10.6. The fourth-order valence-corrected chi connectivity index (χ4v) is 5.90. The van der Waals surface area contributed by atoms with E-state index in [1.165, 1.54) is 17.8 Å². The molecule has 184 valence electrons. The minimum absolute atomic E-state index is 0. The maximum absolute atomic E-state index is 13.3. The predicted octanol–water partition coefficient (Wildman–Crippen LogP) is 2.73. The molecule has 0 saturated heterocycles. The first-order valence-corrected chi connectivity index (χ1v) is 12.4. The number of aliphatic hydroxyl groups is 3. The molecule has 0 amide bonds. The molecule has 2 heterocycles. The lowest BCUT2D eigenvalue weighted by molar-refractivity contribution is 0.00446. The van der Waals surface area contributed by atoms with Crippen molar-refractivity contribution in [3.63, 3.8) is 0 Å². The Morgan fingerprint density at radius 1 is 1.06 bits per heavy atom. The summed E-state index contributed by atoms with van der Waals surface area (Å²) in [5.41, 5.74) is 0.778. The zero-order chi connectivity index (χ0) is 22.9. The number of aliphatic hydroxyl groups excluding tert-OH is 3. The van der Waals surface area contributed by atoms with Crippen molar-refractivity contribution in [1.82, 2.24) is 15.0 Å². The van der Waals surface area contributed by atoms with Crippen LogP contribution in [-0.4, -0.2) is 61.2 Å². The molecule has 6 N–H and O–H groups in total. The molecule has 4 atom stereocenters. The smallest absolute Gasteiger partial charge is 0.264 e. The van der Waals surface area contributed by atoms with Gasteiger partial charge in [0.15, 0.2) is 0 Å². The maximum Gasteiger partial charge on any atom is 0.264 e. The molecular formula is C23H30ClN5O4S. The topological polar surface area (TPSA) is 143 Å². The quantitative estimate of drug-likeness (QED) is 0.299. The van der Waals surface area contributed by atoms with E-state index in [1.807, 2.05) is 24.3 Å². The number of fused-ring (bicyclic) bond motifs is 1. The van der Waals surface area contributed by atoms with Gasteiger partial charge >= 0.3 is 0 Å². The summed E-state index contributed by atoms with van der Waals surface area (Å²) in [6, 6.07) is 7.37. The Hall–Kier alpha value is -2.24. The highest BCUT2D eigenvalue weighted by molar-refractivity contribution is 7.21. The Bertz CT molecular complexity index is 1150. The molecule has 2 aliphatic rings. The maximum atomic E-state index is 13.3. The molecular weight excluding hydrogens is 478 g/mol. The number of thiazole rings is 1. The third-order valence-electron chi connectivity index (χ3n) is 6.73. The van der Waals surface area contributed by atoms with Gasteiger partial charge in [-0.3, -0.25) is 9.78 Å². The van der Waals surface area contributed by atoms with Crippen molar-refractivity contribution in [2.75, 3.05) is 17.2 Å². The summed E-state index contributed by atoms with van der Waals surface area (Å²) < 4.78 is 0.957. The van der Waals surface area contributed by atoms with Gasteiger partial charge in [-0.05, 0) is 31.4 Å². The van der Waals surface area contributed by atoms with Crippen LogP contribution >= 0.6 is 23.7 Å². The molecule has 0 spiro atoms. The van der Waals surface area contributed by atoms with Crippen LogP contribution in [0, 0.1) is 5.92 Å². The summed E-state index contributed by atoms with van der Waals surface area (Å²) in [4.78, 5) is 25.4. The van der Waals surface area contributed by atoms with Gasteiger partial charge in [-0.25, -0.2) is 4.98 Å². The number of halogens is 1. The number of H-pyrrole nitrogens is 1. The molecule has 5 rings (SSSR count). The molecule has 2 aromatic heterocycles. The van der Waals surface area contributed by atoms with Crippen LogP contribution in [0.3, 0.4) is 0 Å². The van der Waals surface area contributed by atoms with E-state index in [1.54, 1.807) is 0 Å². The minimum Gasteiger partial charge on any atom is -0.396 e. The molecule has 2 saturated carbocycles. The molecule has 0 aliphatic heterocycles. The van der Waals surface area contributed by atoms with Gasteiger partial charge in [-0.15, -0.1) is 23.7 Å². The highest BCUT2D eigenvalue weighted by Crippen LogP contribution is 2.35. The first-order valence-electron chi connectivity index (χ1n) is 11.5. The highest BCUT2D eigenvalue weighted by atomic mass is 35.5. The standard InChI is InChI=1S/C23H29N5O4S.ClH/c29-11-12-10-15(19(31)18(12)30)25-20-17(22-26-14-8-4-5-9-16(14)33-22)21(32)28-23(27-20)24-13-6-2-1-3-7-13;/h4-5,8-9,12-13,15,18-19,29-31H,1-3,6-7,10-11H2,(H3,24,25,27,28,32);1H/t12?,15?,18-,19+;/m1./s1. The zero-order valence-corrected chi connectivity index (χ0v) is 20.2. The lowest BCUT2D eigenvalue weighted by Crippen LogP contribution is -2.36. The van der Waals surface area contributed by atoms with E-state index in [0.717, 1.165) is 35.9 Å². The second-order valence-electron chi connectivity index (χ2n) is 9.01. The van der Waals surface area contributed by atoms with Gasteiger partial charge in [0.05, 0.1) is 22.4 Å². The van der Waals surface area contributed by atoms with E-state index in [4.69, 9.17) is 0 Å². The summed E-state index contributed by atoms with van der Waals surface area (Å²) >= 11 is 1.40. The first kappa shape index (κ1) is 24.9. The fourth-order valence-electron chi connectivity index (χ4n) is 4.89. The Balaban J connectivity index is 0.00000274. The Morgan fingerprint density at radius 3 is 2.53 bits per heavy atom. The van der Waals surface area contributed by atoms with Crippen LogP contribution in [0.2, 0.25) is 0 Å². The van der Waals surface area contributed by atoms with Gasteiger partial charge < -0.3 is 26.0 Å². The van der Waals surface area contributed by atoms with Crippen molar-refractivity contribution in [3.8, 4) is 10.6 Å². The van der Waals surface area contributed by atoms with E-state index in [0.29, 0.717) is 28.8 Å². The number of nitrogens with zero attached hydrogens (tertiary/aromatic N) is 2. The third-order valence-corrected chi connectivity index (χ3v) is 7.79. The van der Waals surface area contributed by atoms with E-state index in [-0.39, 0.29) is 30.6 Å². The van der Waals surface area contributed by atoms with Crippen molar-refractivity contribution in [2.24, 2.45) is 5.92 Å².